The maximum atomic E-state index is 12.8. The molecule has 9 heteroatoms. The standard InChI is InChI=1S/C18H34N4O5/c1-5-27-18(25)20-16(14(2)3)17(24)22-10-8-21(9-11-22)13-15(23)19-7-6-12-26-4/h14,16H,5-13H2,1-4H3,(H,19,23)(H,20,25). The van der Waals surface area contributed by atoms with E-state index in [1.54, 1.807) is 18.9 Å². The fourth-order valence-electron chi connectivity index (χ4n) is 2.84. The summed E-state index contributed by atoms with van der Waals surface area (Å²) in [5.41, 5.74) is 0. The third-order valence-electron chi connectivity index (χ3n) is 4.38. The molecule has 1 unspecified atom stereocenters. The molecule has 1 rings (SSSR count). The minimum absolute atomic E-state index is 0.0186. The van der Waals surface area contributed by atoms with Crippen molar-refractivity contribution in [3.05, 3.63) is 0 Å². The molecule has 0 aromatic rings. The molecule has 0 aliphatic carbocycles. The van der Waals surface area contributed by atoms with E-state index in [1.807, 2.05) is 18.7 Å². The molecule has 1 saturated heterocycles. The Hall–Kier alpha value is -1.87. The molecule has 1 heterocycles. The number of carbonyl (C=O) groups excluding carboxylic acids is 3. The molecule has 0 spiro atoms. The van der Waals surface area contributed by atoms with Crippen molar-refractivity contribution in [1.82, 2.24) is 20.4 Å². The van der Waals surface area contributed by atoms with Gasteiger partial charge in [-0.05, 0) is 19.3 Å². The summed E-state index contributed by atoms with van der Waals surface area (Å²) in [6.45, 7) is 9.62. The lowest BCUT2D eigenvalue weighted by molar-refractivity contribution is -0.136. The minimum atomic E-state index is -0.611. The topological polar surface area (TPSA) is 100 Å². The highest BCUT2D eigenvalue weighted by molar-refractivity contribution is 5.86. The summed E-state index contributed by atoms with van der Waals surface area (Å²) in [4.78, 5) is 40.1. The van der Waals surface area contributed by atoms with Gasteiger partial charge in [0.15, 0.2) is 0 Å². The van der Waals surface area contributed by atoms with Gasteiger partial charge in [0, 0.05) is 46.4 Å². The van der Waals surface area contributed by atoms with Crippen molar-refractivity contribution in [2.75, 3.05) is 59.6 Å². The first-order chi connectivity index (χ1) is 12.9. The van der Waals surface area contributed by atoms with E-state index in [9.17, 15) is 14.4 Å². The van der Waals surface area contributed by atoms with Crippen LogP contribution in [0.4, 0.5) is 4.79 Å². The third-order valence-corrected chi connectivity index (χ3v) is 4.38. The predicted octanol–water partition coefficient (Wildman–Crippen LogP) is 0.0540. The number of hydrogen-bond acceptors (Lipinski definition) is 6. The summed E-state index contributed by atoms with van der Waals surface area (Å²) >= 11 is 0. The fourth-order valence-corrected chi connectivity index (χ4v) is 2.84. The van der Waals surface area contributed by atoms with E-state index in [2.05, 4.69) is 10.6 Å². The quantitative estimate of drug-likeness (QED) is 0.515. The van der Waals surface area contributed by atoms with Crippen molar-refractivity contribution in [2.45, 2.75) is 33.2 Å². The molecule has 156 valence electrons. The van der Waals surface area contributed by atoms with E-state index in [-0.39, 0.29) is 24.3 Å². The summed E-state index contributed by atoms with van der Waals surface area (Å²) in [7, 11) is 1.63. The molecule has 0 aromatic carbocycles. The van der Waals surface area contributed by atoms with Crippen LogP contribution in [0.15, 0.2) is 0 Å². The Labute approximate surface area is 161 Å². The number of hydrogen-bond donors (Lipinski definition) is 2. The lowest BCUT2D eigenvalue weighted by atomic mass is 10.0. The van der Waals surface area contributed by atoms with E-state index in [0.717, 1.165) is 6.42 Å². The Balaban J connectivity index is 2.41. The predicted molar refractivity (Wildman–Crippen MR) is 101 cm³/mol. The maximum absolute atomic E-state index is 12.8. The lowest BCUT2D eigenvalue weighted by Gasteiger charge is -2.36. The SMILES string of the molecule is CCOC(=O)NC(C(=O)N1CCN(CC(=O)NCCCOC)CC1)C(C)C. The summed E-state index contributed by atoms with van der Waals surface area (Å²) in [5.74, 6) is -0.172. The molecule has 0 aromatic heterocycles. The highest BCUT2D eigenvalue weighted by Gasteiger charge is 2.31. The zero-order chi connectivity index (χ0) is 20.2. The van der Waals surface area contributed by atoms with Gasteiger partial charge in [0.2, 0.25) is 11.8 Å². The zero-order valence-corrected chi connectivity index (χ0v) is 17.0. The van der Waals surface area contributed by atoms with E-state index < -0.39 is 12.1 Å². The van der Waals surface area contributed by atoms with Gasteiger partial charge >= 0.3 is 6.09 Å². The number of rotatable bonds is 10. The van der Waals surface area contributed by atoms with Crippen molar-refractivity contribution in [1.29, 1.82) is 0 Å². The first-order valence-electron chi connectivity index (χ1n) is 9.59. The molecule has 0 radical (unpaired) electrons. The van der Waals surface area contributed by atoms with Gasteiger partial charge in [-0.2, -0.15) is 0 Å². The number of methoxy groups -OCH3 is 1. The number of piperazine rings is 1. The van der Waals surface area contributed by atoms with Crippen LogP contribution in [-0.2, 0) is 19.1 Å². The van der Waals surface area contributed by atoms with Crippen LogP contribution in [0.3, 0.4) is 0 Å². The average Bonchev–Trinajstić information content (AvgIpc) is 2.63. The molecule has 0 saturated carbocycles. The van der Waals surface area contributed by atoms with Crippen LogP contribution in [0.25, 0.3) is 0 Å². The molecule has 3 amide bonds. The lowest BCUT2D eigenvalue weighted by Crippen LogP contribution is -2.57. The highest BCUT2D eigenvalue weighted by atomic mass is 16.5. The van der Waals surface area contributed by atoms with E-state index in [0.29, 0.717) is 45.9 Å². The maximum Gasteiger partial charge on any atom is 0.407 e. The molecule has 0 bridgehead atoms. The fraction of sp³-hybridized carbons (Fsp3) is 0.833. The number of ether oxygens (including phenoxy) is 2. The second-order valence-corrected chi connectivity index (χ2v) is 6.88. The zero-order valence-electron chi connectivity index (χ0n) is 17.0. The van der Waals surface area contributed by atoms with Gasteiger partial charge in [-0.25, -0.2) is 4.79 Å². The second kappa shape index (κ2) is 12.5. The highest BCUT2D eigenvalue weighted by Crippen LogP contribution is 2.10. The molecule has 1 fully saturated rings. The van der Waals surface area contributed by atoms with Gasteiger partial charge in [0.05, 0.1) is 13.2 Å². The first-order valence-corrected chi connectivity index (χ1v) is 9.59. The van der Waals surface area contributed by atoms with E-state index >= 15 is 0 Å². The Morgan fingerprint density at radius 1 is 1.11 bits per heavy atom. The number of alkyl carbamates (subject to hydrolysis) is 1. The smallest absolute Gasteiger partial charge is 0.407 e. The largest absolute Gasteiger partial charge is 0.450 e. The third kappa shape index (κ3) is 8.57. The Bertz CT molecular complexity index is 478. The van der Waals surface area contributed by atoms with Gasteiger partial charge in [0.1, 0.15) is 6.04 Å². The van der Waals surface area contributed by atoms with Crippen LogP contribution < -0.4 is 10.6 Å². The minimum Gasteiger partial charge on any atom is -0.450 e. The average molecular weight is 386 g/mol. The van der Waals surface area contributed by atoms with Gasteiger partial charge in [-0.1, -0.05) is 13.8 Å². The number of carbonyl (C=O) groups is 3. The van der Waals surface area contributed by atoms with Crippen molar-refractivity contribution in [3.63, 3.8) is 0 Å². The van der Waals surface area contributed by atoms with Crippen LogP contribution in [-0.4, -0.2) is 93.3 Å². The summed E-state index contributed by atoms with van der Waals surface area (Å²) < 4.78 is 9.84. The normalized spacial score (nSPS) is 16.1. The van der Waals surface area contributed by atoms with Gasteiger partial charge in [0.25, 0.3) is 0 Å². The number of nitrogens with one attached hydrogen (secondary N) is 2. The van der Waals surface area contributed by atoms with E-state index in [1.165, 1.54) is 0 Å². The molecular weight excluding hydrogens is 352 g/mol. The number of nitrogens with zero attached hydrogens (tertiary/aromatic N) is 2. The summed E-state index contributed by atoms with van der Waals surface area (Å²) in [5, 5.41) is 5.51. The summed E-state index contributed by atoms with van der Waals surface area (Å²) in [6.07, 6.45) is 0.211. The molecule has 27 heavy (non-hydrogen) atoms. The van der Waals surface area contributed by atoms with Gasteiger partial charge in [-0.15, -0.1) is 0 Å². The van der Waals surface area contributed by atoms with Crippen molar-refractivity contribution < 1.29 is 23.9 Å². The van der Waals surface area contributed by atoms with Crippen LogP contribution >= 0.6 is 0 Å². The first kappa shape index (κ1) is 23.2. The molecule has 2 N–H and O–H groups in total. The Morgan fingerprint density at radius 3 is 2.33 bits per heavy atom. The Kier molecular flexibility index (Phi) is 10.7. The number of amides is 3. The van der Waals surface area contributed by atoms with Crippen LogP contribution in [0.2, 0.25) is 0 Å². The van der Waals surface area contributed by atoms with Crippen molar-refractivity contribution in [2.24, 2.45) is 5.92 Å². The van der Waals surface area contributed by atoms with E-state index in [4.69, 9.17) is 9.47 Å². The molecule has 1 atom stereocenters. The Morgan fingerprint density at radius 2 is 1.78 bits per heavy atom. The monoisotopic (exact) mass is 386 g/mol. The van der Waals surface area contributed by atoms with Crippen molar-refractivity contribution in [3.8, 4) is 0 Å². The molecule has 1 aliphatic rings. The molecule has 9 nitrogen and oxygen atoms in total. The van der Waals surface area contributed by atoms with Crippen LogP contribution in [0.1, 0.15) is 27.2 Å². The van der Waals surface area contributed by atoms with Crippen molar-refractivity contribution >= 4 is 17.9 Å². The van der Waals surface area contributed by atoms with Gasteiger partial charge in [-0.3, -0.25) is 14.5 Å². The second-order valence-electron chi connectivity index (χ2n) is 6.88. The molecule has 1 aliphatic heterocycles. The summed E-state index contributed by atoms with van der Waals surface area (Å²) in [6, 6.07) is -0.611. The van der Waals surface area contributed by atoms with Crippen LogP contribution in [0, 0.1) is 5.92 Å². The van der Waals surface area contributed by atoms with Gasteiger partial charge < -0.3 is 25.0 Å². The van der Waals surface area contributed by atoms with Crippen LogP contribution in [0.5, 0.6) is 0 Å². The molecular formula is C18H34N4O5.